The van der Waals surface area contributed by atoms with Crippen LogP contribution in [0.25, 0.3) is 0 Å². The lowest BCUT2D eigenvalue weighted by Crippen LogP contribution is -2.52. The van der Waals surface area contributed by atoms with Gasteiger partial charge < -0.3 is 19.5 Å². The third-order valence-corrected chi connectivity index (χ3v) is 3.93. The van der Waals surface area contributed by atoms with Gasteiger partial charge in [-0.25, -0.2) is 4.79 Å². The van der Waals surface area contributed by atoms with Crippen LogP contribution in [0.2, 0.25) is 0 Å². The first-order valence-electron chi connectivity index (χ1n) is 7.88. The third kappa shape index (κ3) is 4.13. The molecule has 0 spiro atoms. The van der Waals surface area contributed by atoms with Crippen LogP contribution in [-0.4, -0.2) is 52.7 Å². The lowest BCUT2D eigenvalue weighted by atomic mass is 10.1. The molecule has 25 heavy (non-hydrogen) atoms. The lowest BCUT2D eigenvalue weighted by molar-refractivity contribution is -0.147. The Balaban J connectivity index is 1.65. The van der Waals surface area contributed by atoms with Gasteiger partial charge in [-0.15, -0.1) is 0 Å². The van der Waals surface area contributed by atoms with Crippen LogP contribution in [0.3, 0.4) is 0 Å². The summed E-state index contributed by atoms with van der Waals surface area (Å²) >= 11 is 0. The predicted octanol–water partition coefficient (Wildman–Crippen LogP) is 1.59. The van der Waals surface area contributed by atoms with Gasteiger partial charge in [0.25, 0.3) is 5.91 Å². The van der Waals surface area contributed by atoms with Crippen molar-refractivity contribution in [2.45, 2.75) is 12.6 Å². The monoisotopic (exact) mass is 342 g/mol. The van der Waals surface area contributed by atoms with E-state index in [1.807, 2.05) is 12.1 Å². The number of ether oxygens (including phenoxy) is 2. The van der Waals surface area contributed by atoms with Crippen molar-refractivity contribution >= 4 is 11.9 Å². The van der Waals surface area contributed by atoms with Crippen LogP contribution in [0.5, 0.6) is 5.75 Å². The van der Waals surface area contributed by atoms with Crippen molar-refractivity contribution in [1.29, 1.82) is 0 Å². The van der Waals surface area contributed by atoms with Crippen LogP contribution in [0, 0.1) is 0 Å². The molecule has 1 N–H and O–H groups in total. The number of benzene rings is 1. The largest absolute Gasteiger partial charge is 0.489 e. The second kappa shape index (κ2) is 7.76. The smallest absolute Gasteiger partial charge is 0.328 e. The van der Waals surface area contributed by atoms with Gasteiger partial charge in [0.1, 0.15) is 12.4 Å². The highest BCUT2D eigenvalue weighted by atomic mass is 16.5. The van der Waals surface area contributed by atoms with Crippen LogP contribution in [0.4, 0.5) is 0 Å². The molecule has 7 heteroatoms. The Bertz CT molecular complexity index is 733. The maximum absolute atomic E-state index is 12.6. The summed E-state index contributed by atoms with van der Waals surface area (Å²) in [6.07, 6.45) is 3.39. The van der Waals surface area contributed by atoms with Gasteiger partial charge in [-0.05, 0) is 42.0 Å². The molecule has 0 radical (unpaired) electrons. The van der Waals surface area contributed by atoms with E-state index >= 15 is 0 Å². The summed E-state index contributed by atoms with van der Waals surface area (Å²) in [5.74, 6) is -0.758. The second-order valence-corrected chi connectivity index (χ2v) is 5.60. The van der Waals surface area contributed by atoms with Crippen LogP contribution in [-0.2, 0) is 16.1 Å². The fourth-order valence-corrected chi connectivity index (χ4v) is 2.56. The van der Waals surface area contributed by atoms with Gasteiger partial charge >= 0.3 is 5.97 Å². The average Bonchev–Trinajstić information content (AvgIpc) is 2.67. The molecule has 7 nitrogen and oxygen atoms in total. The number of nitrogens with zero attached hydrogens (tertiary/aromatic N) is 2. The van der Waals surface area contributed by atoms with E-state index in [2.05, 4.69) is 4.98 Å². The summed E-state index contributed by atoms with van der Waals surface area (Å²) in [5.41, 5.74) is 1.41. The van der Waals surface area contributed by atoms with Crippen molar-refractivity contribution in [3.8, 4) is 5.75 Å². The van der Waals surface area contributed by atoms with Crippen molar-refractivity contribution < 1.29 is 24.2 Å². The topological polar surface area (TPSA) is 89.0 Å². The molecule has 2 aromatic rings. The molecular formula is C18H18N2O5. The Morgan fingerprint density at radius 2 is 1.92 bits per heavy atom. The zero-order valence-corrected chi connectivity index (χ0v) is 13.5. The van der Waals surface area contributed by atoms with Crippen LogP contribution in [0.15, 0.2) is 48.8 Å². The van der Waals surface area contributed by atoms with E-state index in [4.69, 9.17) is 9.47 Å². The Kier molecular flexibility index (Phi) is 5.25. The molecule has 0 bridgehead atoms. The summed E-state index contributed by atoms with van der Waals surface area (Å²) < 4.78 is 10.8. The number of morpholine rings is 1. The van der Waals surface area contributed by atoms with E-state index in [1.165, 1.54) is 4.90 Å². The molecule has 1 saturated heterocycles. The molecule has 0 saturated carbocycles. The molecule has 1 atom stereocenters. The number of hydrogen-bond donors (Lipinski definition) is 1. The van der Waals surface area contributed by atoms with E-state index < -0.39 is 12.0 Å². The molecule has 130 valence electrons. The molecule has 0 aliphatic carbocycles. The fraction of sp³-hybridized carbons (Fsp3) is 0.278. The van der Waals surface area contributed by atoms with Crippen molar-refractivity contribution in [1.82, 2.24) is 9.88 Å². The summed E-state index contributed by atoms with van der Waals surface area (Å²) in [5, 5.41) is 9.23. The number of carboxylic acid groups (broad SMARTS) is 1. The van der Waals surface area contributed by atoms with E-state index in [0.29, 0.717) is 24.5 Å². The number of carbonyl (C=O) groups is 2. The van der Waals surface area contributed by atoms with E-state index in [1.54, 1.807) is 36.7 Å². The maximum Gasteiger partial charge on any atom is 0.328 e. The highest BCUT2D eigenvalue weighted by molar-refractivity contribution is 5.96. The number of aliphatic carboxylic acids is 1. The van der Waals surface area contributed by atoms with Gasteiger partial charge in [-0.2, -0.15) is 0 Å². The standard InChI is InChI=1S/C18H18N2O5/c21-17(20-9-10-24-12-16(20)18(22)23)14-1-3-15(4-2-14)25-11-13-5-7-19-8-6-13/h1-8,16H,9-12H2,(H,22,23). The van der Waals surface area contributed by atoms with Crippen LogP contribution >= 0.6 is 0 Å². The van der Waals surface area contributed by atoms with Crippen molar-refractivity contribution in [3.63, 3.8) is 0 Å². The molecule has 1 aliphatic rings. The Hall–Kier alpha value is -2.93. The predicted molar refractivity (Wildman–Crippen MR) is 88.3 cm³/mol. The highest BCUT2D eigenvalue weighted by Crippen LogP contribution is 2.17. The zero-order chi connectivity index (χ0) is 17.6. The average molecular weight is 342 g/mol. The van der Waals surface area contributed by atoms with Crippen molar-refractivity contribution in [3.05, 3.63) is 59.9 Å². The Morgan fingerprint density at radius 3 is 2.60 bits per heavy atom. The molecule has 1 fully saturated rings. The highest BCUT2D eigenvalue weighted by Gasteiger charge is 2.33. The normalized spacial score (nSPS) is 17.1. The number of carboxylic acids is 1. The van der Waals surface area contributed by atoms with Gasteiger partial charge in [-0.3, -0.25) is 9.78 Å². The Labute approximate surface area is 144 Å². The van der Waals surface area contributed by atoms with Gasteiger partial charge in [-0.1, -0.05) is 0 Å². The quantitative estimate of drug-likeness (QED) is 0.887. The fourth-order valence-electron chi connectivity index (χ4n) is 2.56. The number of rotatable bonds is 5. The van der Waals surface area contributed by atoms with E-state index in [9.17, 15) is 14.7 Å². The minimum Gasteiger partial charge on any atom is -0.489 e. The summed E-state index contributed by atoms with van der Waals surface area (Å²) in [7, 11) is 0. The first-order valence-corrected chi connectivity index (χ1v) is 7.88. The van der Waals surface area contributed by atoms with Gasteiger partial charge in [0.15, 0.2) is 6.04 Å². The van der Waals surface area contributed by atoms with Crippen molar-refractivity contribution in [2.24, 2.45) is 0 Å². The van der Waals surface area contributed by atoms with E-state index in [0.717, 1.165) is 5.56 Å². The molecule has 1 aromatic heterocycles. The van der Waals surface area contributed by atoms with Crippen LogP contribution in [0.1, 0.15) is 15.9 Å². The molecule has 3 rings (SSSR count). The van der Waals surface area contributed by atoms with Gasteiger partial charge in [0.05, 0.1) is 13.2 Å². The minimum atomic E-state index is -1.06. The van der Waals surface area contributed by atoms with Crippen LogP contribution < -0.4 is 4.74 Å². The van der Waals surface area contributed by atoms with Crippen molar-refractivity contribution in [2.75, 3.05) is 19.8 Å². The summed E-state index contributed by atoms with van der Waals surface area (Å²) in [4.78, 5) is 29.1. The first kappa shape index (κ1) is 16.9. The zero-order valence-electron chi connectivity index (χ0n) is 13.5. The summed E-state index contributed by atoms with van der Waals surface area (Å²) in [6.45, 7) is 1.01. The second-order valence-electron chi connectivity index (χ2n) is 5.60. The SMILES string of the molecule is O=C(O)C1COCCN1C(=O)c1ccc(OCc2ccncc2)cc1. The molecule has 1 aromatic carbocycles. The molecule has 1 amide bonds. The molecular weight excluding hydrogens is 324 g/mol. The molecule has 1 unspecified atom stereocenters. The number of hydrogen-bond acceptors (Lipinski definition) is 5. The lowest BCUT2D eigenvalue weighted by Gasteiger charge is -2.32. The van der Waals surface area contributed by atoms with E-state index in [-0.39, 0.29) is 19.1 Å². The van der Waals surface area contributed by atoms with Gasteiger partial charge in [0.2, 0.25) is 0 Å². The Morgan fingerprint density at radius 1 is 1.20 bits per heavy atom. The third-order valence-electron chi connectivity index (χ3n) is 3.93. The maximum atomic E-state index is 12.6. The minimum absolute atomic E-state index is 0.00814. The number of amides is 1. The first-order chi connectivity index (χ1) is 12.1. The number of carbonyl (C=O) groups excluding carboxylic acids is 1. The number of pyridine rings is 1. The molecule has 2 heterocycles. The number of aromatic nitrogens is 1. The van der Waals surface area contributed by atoms with Gasteiger partial charge in [0, 0.05) is 24.5 Å². The summed E-state index contributed by atoms with van der Waals surface area (Å²) in [6, 6.07) is 9.45. The molecule has 1 aliphatic heterocycles.